The molecule has 0 aromatic heterocycles. The summed E-state index contributed by atoms with van der Waals surface area (Å²) in [6, 6.07) is 17.0. The first kappa shape index (κ1) is 24.9. The molecule has 0 atom stereocenters. The summed E-state index contributed by atoms with van der Waals surface area (Å²) < 4.78 is 16.4. The SMILES string of the molecule is COc1cccc(NC(=O)C(=O)N/N=C\c2cccc(OC)c2OCc2ccc(Cl)c(Cl)c2)c1. The van der Waals surface area contributed by atoms with Gasteiger partial charge >= 0.3 is 11.8 Å². The van der Waals surface area contributed by atoms with Crippen LogP contribution in [0.2, 0.25) is 10.0 Å². The van der Waals surface area contributed by atoms with Crippen molar-refractivity contribution in [1.82, 2.24) is 5.43 Å². The molecule has 2 amide bonds. The van der Waals surface area contributed by atoms with Crippen LogP contribution in [0.4, 0.5) is 5.69 Å². The number of carbonyl (C=O) groups is 2. The average Bonchev–Trinajstić information content (AvgIpc) is 2.85. The topological polar surface area (TPSA) is 98.2 Å². The minimum Gasteiger partial charge on any atom is -0.497 e. The Hall–Kier alpha value is -3.75. The maximum absolute atomic E-state index is 12.1. The highest BCUT2D eigenvalue weighted by atomic mass is 35.5. The fourth-order valence-electron chi connectivity index (χ4n) is 2.83. The van der Waals surface area contributed by atoms with Gasteiger partial charge in [-0.25, -0.2) is 5.43 Å². The van der Waals surface area contributed by atoms with Crippen molar-refractivity contribution in [3.8, 4) is 17.2 Å². The molecule has 0 aliphatic rings. The Kier molecular flexibility index (Phi) is 8.73. The maximum Gasteiger partial charge on any atom is 0.329 e. The molecule has 3 aromatic carbocycles. The number of nitrogens with one attached hydrogen (secondary N) is 2. The highest BCUT2D eigenvalue weighted by molar-refractivity contribution is 6.42. The van der Waals surface area contributed by atoms with E-state index in [0.29, 0.717) is 38.5 Å². The van der Waals surface area contributed by atoms with E-state index < -0.39 is 11.8 Å². The molecule has 3 aromatic rings. The number of amides is 2. The van der Waals surface area contributed by atoms with Gasteiger partial charge in [-0.2, -0.15) is 5.10 Å². The minimum atomic E-state index is -0.944. The van der Waals surface area contributed by atoms with Gasteiger partial charge in [0, 0.05) is 17.3 Å². The Morgan fingerprint density at radius 1 is 0.941 bits per heavy atom. The summed E-state index contributed by atoms with van der Waals surface area (Å²) in [7, 11) is 3.01. The second-order valence-corrected chi connectivity index (χ2v) is 7.62. The smallest absolute Gasteiger partial charge is 0.329 e. The molecule has 0 fully saturated rings. The van der Waals surface area contributed by atoms with Gasteiger partial charge in [0.25, 0.3) is 0 Å². The van der Waals surface area contributed by atoms with Crippen LogP contribution in [0.3, 0.4) is 0 Å². The van der Waals surface area contributed by atoms with Crippen molar-refractivity contribution in [2.75, 3.05) is 19.5 Å². The van der Waals surface area contributed by atoms with Gasteiger partial charge in [0.15, 0.2) is 11.5 Å². The molecule has 0 saturated heterocycles. The zero-order valence-electron chi connectivity index (χ0n) is 18.3. The van der Waals surface area contributed by atoms with Crippen molar-refractivity contribution in [2.45, 2.75) is 6.61 Å². The lowest BCUT2D eigenvalue weighted by molar-refractivity contribution is -0.136. The van der Waals surface area contributed by atoms with E-state index in [4.69, 9.17) is 37.4 Å². The van der Waals surface area contributed by atoms with Crippen molar-refractivity contribution in [2.24, 2.45) is 5.10 Å². The third kappa shape index (κ3) is 6.63. The Morgan fingerprint density at radius 2 is 1.74 bits per heavy atom. The summed E-state index contributed by atoms with van der Waals surface area (Å²) in [4.78, 5) is 24.3. The van der Waals surface area contributed by atoms with Gasteiger partial charge in [0.2, 0.25) is 0 Å². The molecular formula is C24H21Cl2N3O5. The Bertz CT molecular complexity index is 1220. The number of hydrogen-bond donors (Lipinski definition) is 2. The molecule has 3 rings (SSSR count). The third-order valence-electron chi connectivity index (χ3n) is 4.50. The maximum atomic E-state index is 12.1. The van der Waals surface area contributed by atoms with E-state index in [9.17, 15) is 9.59 Å². The summed E-state index contributed by atoms with van der Waals surface area (Å²) in [6.07, 6.45) is 1.35. The molecule has 10 heteroatoms. The minimum absolute atomic E-state index is 0.188. The number of hydrazone groups is 1. The van der Waals surface area contributed by atoms with E-state index in [2.05, 4.69) is 15.8 Å². The summed E-state index contributed by atoms with van der Waals surface area (Å²) in [6.45, 7) is 0.188. The molecule has 0 radical (unpaired) electrons. The van der Waals surface area contributed by atoms with E-state index in [1.54, 1.807) is 60.7 Å². The number of anilines is 1. The van der Waals surface area contributed by atoms with Crippen molar-refractivity contribution in [3.05, 3.63) is 81.8 Å². The zero-order chi connectivity index (χ0) is 24.5. The zero-order valence-corrected chi connectivity index (χ0v) is 19.8. The van der Waals surface area contributed by atoms with E-state index >= 15 is 0 Å². The van der Waals surface area contributed by atoms with E-state index in [-0.39, 0.29) is 6.61 Å². The Labute approximate surface area is 206 Å². The summed E-state index contributed by atoms with van der Waals surface area (Å²) in [5.41, 5.74) is 3.92. The highest BCUT2D eigenvalue weighted by Crippen LogP contribution is 2.31. The van der Waals surface area contributed by atoms with Gasteiger partial charge in [-0.3, -0.25) is 9.59 Å². The molecule has 2 N–H and O–H groups in total. The van der Waals surface area contributed by atoms with Crippen molar-refractivity contribution in [3.63, 3.8) is 0 Å². The number of methoxy groups -OCH3 is 2. The molecule has 0 spiro atoms. The van der Waals surface area contributed by atoms with Crippen LogP contribution in [0.1, 0.15) is 11.1 Å². The van der Waals surface area contributed by atoms with Gasteiger partial charge in [-0.15, -0.1) is 0 Å². The monoisotopic (exact) mass is 501 g/mol. The molecule has 0 aliphatic carbocycles. The molecule has 0 unspecified atom stereocenters. The number of ether oxygens (including phenoxy) is 3. The van der Waals surface area contributed by atoms with E-state index in [1.807, 2.05) is 0 Å². The third-order valence-corrected chi connectivity index (χ3v) is 5.24. The molecular weight excluding hydrogens is 481 g/mol. The second kappa shape index (κ2) is 11.9. The van der Waals surface area contributed by atoms with Crippen LogP contribution < -0.4 is 25.0 Å². The molecule has 176 valence electrons. The molecule has 0 heterocycles. The van der Waals surface area contributed by atoms with Crippen LogP contribution in [0.15, 0.2) is 65.8 Å². The first-order valence-electron chi connectivity index (χ1n) is 9.93. The number of nitrogens with zero attached hydrogens (tertiary/aromatic N) is 1. The Morgan fingerprint density at radius 3 is 2.47 bits per heavy atom. The Balaban J connectivity index is 1.66. The molecule has 8 nitrogen and oxygen atoms in total. The molecule has 0 bridgehead atoms. The van der Waals surface area contributed by atoms with Gasteiger partial charge in [0.1, 0.15) is 12.4 Å². The first-order chi connectivity index (χ1) is 16.4. The highest BCUT2D eigenvalue weighted by Gasteiger charge is 2.14. The van der Waals surface area contributed by atoms with Crippen LogP contribution in [0.25, 0.3) is 0 Å². The number of hydrogen-bond acceptors (Lipinski definition) is 6. The summed E-state index contributed by atoms with van der Waals surface area (Å²) in [5.74, 6) is -0.420. The standard InChI is InChI=1S/C24H21Cl2N3O5/c1-32-18-7-4-6-17(12-18)28-23(30)24(31)29-27-13-16-5-3-8-21(33-2)22(16)34-14-15-9-10-19(25)20(26)11-15/h3-13H,14H2,1-2H3,(H,28,30)(H,29,31)/b27-13-. The van der Waals surface area contributed by atoms with Gasteiger partial charge < -0.3 is 19.5 Å². The summed E-state index contributed by atoms with van der Waals surface area (Å²) >= 11 is 12.0. The summed E-state index contributed by atoms with van der Waals surface area (Å²) in [5, 5.41) is 7.20. The van der Waals surface area contributed by atoms with Gasteiger partial charge in [-0.05, 0) is 42.0 Å². The predicted octanol–water partition coefficient (Wildman–Crippen LogP) is 4.68. The number of carbonyl (C=O) groups excluding carboxylic acids is 2. The molecule has 34 heavy (non-hydrogen) atoms. The van der Waals surface area contributed by atoms with E-state index in [1.165, 1.54) is 20.4 Å². The fourth-order valence-corrected chi connectivity index (χ4v) is 3.16. The fraction of sp³-hybridized carbons (Fsp3) is 0.125. The van der Waals surface area contributed by atoms with Crippen LogP contribution in [0, 0.1) is 0 Å². The van der Waals surface area contributed by atoms with Gasteiger partial charge in [0.05, 0.1) is 30.5 Å². The van der Waals surface area contributed by atoms with Crippen LogP contribution in [-0.2, 0) is 16.2 Å². The van der Waals surface area contributed by atoms with Crippen LogP contribution in [0.5, 0.6) is 17.2 Å². The average molecular weight is 502 g/mol. The molecule has 0 aliphatic heterocycles. The van der Waals surface area contributed by atoms with Crippen molar-refractivity contribution in [1.29, 1.82) is 0 Å². The van der Waals surface area contributed by atoms with Crippen LogP contribution in [-0.4, -0.2) is 32.2 Å². The van der Waals surface area contributed by atoms with Crippen molar-refractivity contribution < 1.29 is 23.8 Å². The first-order valence-corrected chi connectivity index (χ1v) is 10.7. The van der Waals surface area contributed by atoms with Gasteiger partial charge in [-0.1, -0.05) is 41.4 Å². The normalized spacial score (nSPS) is 10.6. The number of halogens is 2. The number of benzene rings is 3. The second-order valence-electron chi connectivity index (χ2n) is 6.80. The lowest BCUT2D eigenvalue weighted by atomic mass is 10.2. The predicted molar refractivity (Wildman–Crippen MR) is 131 cm³/mol. The quantitative estimate of drug-likeness (QED) is 0.265. The lowest BCUT2D eigenvalue weighted by Crippen LogP contribution is -2.32. The lowest BCUT2D eigenvalue weighted by Gasteiger charge is -2.13. The largest absolute Gasteiger partial charge is 0.497 e. The van der Waals surface area contributed by atoms with E-state index in [0.717, 1.165) is 5.56 Å². The number of rotatable bonds is 8. The van der Waals surface area contributed by atoms with Crippen molar-refractivity contribution >= 4 is 46.9 Å². The van der Waals surface area contributed by atoms with Crippen LogP contribution >= 0.6 is 23.2 Å². The molecule has 0 saturated carbocycles. The number of para-hydroxylation sites is 1.